The number of carbonyl (C=O) groups excluding carboxylic acids is 1. The van der Waals surface area contributed by atoms with Gasteiger partial charge in [0.05, 0.1) is 28.0 Å². The maximum Gasteiger partial charge on any atom is 0.404 e. The van der Waals surface area contributed by atoms with Gasteiger partial charge in [0.2, 0.25) is 0 Å². The molecule has 0 radical (unpaired) electrons. The van der Waals surface area contributed by atoms with Crippen LogP contribution in [0.5, 0.6) is 17.2 Å². The highest BCUT2D eigenvalue weighted by Gasteiger charge is 2.60. The second-order valence-corrected chi connectivity index (χ2v) is 13.8. The molecule has 1 atom stereocenters. The fraction of sp³-hybridized carbons (Fsp3) is 0.459. The third-order valence-electron chi connectivity index (χ3n) is 9.10. The van der Waals surface area contributed by atoms with E-state index < -0.39 is 12.0 Å². The smallest absolute Gasteiger partial charge is 0.404 e. The molecule has 3 aromatic rings. The number of aryl methyl sites for hydroxylation is 2. The second kappa shape index (κ2) is 16.3. The van der Waals surface area contributed by atoms with E-state index in [0.29, 0.717) is 45.6 Å². The lowest BCUT2D eigenvalue weighted by Crippen LogP contribution is -2.59. The Hall–Kier alpha value is -3.50. The SMILES string of the molecule is COCCCc1cc(O)cc(C[N+](C(=O)C(CNC(=O)O)Cc2ccc(OCCOc3c(Cl)cc(C)cc3Cl)cc2)(C2CC2)C2CC2)c1. The lowest BCUT2D eigenvalue weighted by atomic mass is 9.95. The van der Waals surface area contributed by atoms with Crippen molar-refractivity contribution in [3.8, 4) is 17.2 Å². The van der Waals surface area contributed by atoms with Gasteiger partial charge in [-0.25, -0.2) is 9.59 Å². The monoisotopic (exact) mass is 699 g/mol. The van der Waals surface area contributed by atoms with Crippen LogP contribution in [0.2, 0.25) is 10.0 Å². The molecule has 0 spiro atoms. The molecule has 3 N–H and O–H groups in total. The second-order valence-electron chi connectivity index (χ2n) is 13.0. The molecule has 3 aromatic carbocycles. The number of phenols is 1. The molecule has 0 aromatic heterocycles. The molecule has 1 unspecified atom stereocenters. The first kappa shape index (κ1) is 35.8. The van der Waals surface area contributed by atoms with E-state index in [0.717, 1.165) is 60.8 Å². The normalized spacial score (nSPS) is 15.2. The summed E-state index contributed by atoms with van der Waals surface area (Å²) >= 11 is 12.5. The van der Waals surface area contributed by atoms with Crippen molar-refractivity contribution in [3.05, 3.63) is 86.9 Å². The van der Waals surface area contributed by atoms with Gasteiger partial charge in [-0.1, -0.05) is 35.3 Å². The van der Waals surface area contributed by atoms with Crippen molar-refractivity contribution < 1.29 is 38.5 Å². The molecule has 5 rings (SSSR count). The lowest BCUT2D eigenvalue weighted by Gasteiger charge is -2.39. The number of quaternary nitrogens is 1. The van der Waals surface area contributed by atoms with Crippen LogP contribution in [0.15, 0.2) is 54.6 Å². The molecule has 2 aliphatic rings. The van der Waals surface area contributed by atoms with Gasteiger partial charge in [-0.2, -0.15) is 0 Å². The number of carbonyl (C=O) groups is 2. The van der Waals surface area contributed by atoms with Gasteiger partial charge >= 0.3 is 12.0 Å². The van der Waals surface area contributed by atoms with Crippen LogP contribution >= 0.6 is 23.2 Å². The minimum Gasteiger partial charge on any atom is -0.508 e. The minimum atomic E-state index is -1.16. The summed E-state index contributed by atoms with van der Waals surface area (Å²) in [6.45, 7) is 3.56. The average molecular weight is 701 g/mol. The Bertz CT molecular complexity index is 1540. The summed E-state index contributed by atoms with van der Waals surface area (Å²) < 4.78 is 17.1. The van der Waals surface area contributed by atoms with Crippen molar-refractivity contribution in [2.24, 2.45) is 5.92 Å². The fourth-order valence-corrected chi connectivity index (χ4v) is 7.40. The van der Waals surface area contributed by atoms with E-state index >= 15 is 0 Å². The van der Waals surface area contributed by atoms with Crippen LogP contribution in [0.4, 0.5) is 4.79 Å². The molecule has 11 heteroatoms. The molecular weight excluding hydrogens is 655 g/mol. The number of amides is 2. The van der Waals surface area contributed by atoms with E-state index in [2.05, 4.69) is 11.4 Å². The van der Waals surface area contributed by atoms with Gasteiger partial charge in [-0.05, 0) is 85.3 Å². The van der Waals surface area contributed by atoms with Gasteiger partial charge in [0.15, 0.2) is 5.75 Å². The highest BCUT2D eigenvalue weighted by Crippen LogP contribution is 2.48. The number of methoxy groups -OCH3 is 1. The molecule has 258 valence electrons. The number of nitrogens with zero attached hydrogens (tertiary/aromatic N) is 1. The summed E-state index contributed by atoms with van der Waals surface area (Å²) in [6.07, 6.45) is 4.66. The topological polar surface area (TPSA) is 114 Å². The predicted octanol–water partition coefficient (Wildman–Crippen LogP) is 7.34. The van der Waals surface area contributed by atoms with Crippen molar-refractivity contribution in [2.75, 3.05) is 33.5 Å². The van der Waals surface area contributed by atoms with Crippen LogP contribution in [0.3, 0.4) is 0 Å². The highest BCUT2D eigenvalue weighted by molar-refractivity contribution is 6.37. The minimum absolute atomic E-state index is 0.0234. The maximum absolute atomic E-state index is 14.8. The van der Waals surface area contributed by atoms with Crippen LogP contribution in [0.1, 0.15) is 54.4 Å². The number of aromatic hydroxyl groups is 1. The third kappa shape index (κ3) is 9.35. The number of ether oxygens (including phenoxy) is 3. The summed E-state index contributed by atoms with van der Waals surface area (Å²) in [6, 6.07) is 17.1. The van der Waals surface area contributed by atoms with Gasteiger partial charge < -0.3 is 29.7 Å². The third-order valence-corrected chi connectivity index (χ3v) is 9.66. The summed E-state index contributed by atoms with van der Waals surface area (Å²) in [5, 5.41) is 23.5. The Labute approximate surface area is 292 Å². The fourth-order valence-electron chi connectivity index (χ4n) is 6.70. The van der Waals surface area contributed by atoms with Gasteiger partial charge in [0.25, 0.3) is 0 Å². The van der Waals surface area contributed by atoms with Crippen molar-refractivity contribution in [1.29, 1.82) is 0 Å². The van der Waals surface area contributed by atoms with Crippen LogP contribution in [0, 0.1) is 12.8 Å². The van der Waals surface area contributed by atoms with E-state index in [4.69, 9.17) is 37.4 Å². The number of phenolic OH excluding ortho intramolecular Hbond substituents is 1. The lowest BCUT2D eigenvalue weighted by molar-refractivity contribution is -0.890. The number of carboxylic acid groups (broad SMARTS) is 1. The van der Waals surface area contributed by atoms with E-state index in [9.17, 15) is 19.8 Å². The molecule has 0 bridgehead atoms. The Morgan fingerprint density at radius 3 is 2.12 bits per heavy atom. The van der Waals surface area contributed by atoms with E-state index in [1.54, 1.807) is 31.4 Å². The first-order valence-electron chi connectivity index (χ1n) is 16.6. The highest BCUT2D eigenvalue weighted by atomic mass is 35.5. The van der Waals surface area contributed by atoms with Crippen molar-refractivity contribution in [3.63, 3.8) is 0 Å². The molecular formula is C37H45Cl2N2O7+. The largest absolute Gasteiger partial charge is 0.508 e. The number of nitrogens with one attached hydrogen (secondary N) is 1. The first-order chi connectivity index (χ1) is 23.1. The Morgan fingerprint density at radius 1 is 0.896 bits per heavy atom. The first-order valence-corrected chi connectivity index (χ1v) is 17.3. The van der Waals surface area contributed by atoms with Crippen molar-refractivity contribution in [1.82, 2.24) is 5.32 Å². The van der Waals surface area contributed by atoms with Crippen molar-refractivity contribution >= 4 is 35.2 Å². The Balaban J connectivity index is 1.28. The van der Waals surface area contributed by atoms with Crippen LogP contribution in [-0.2, 0) is 28.9 Å². The number of rotatable bonds is 18. The maximum atomic E-state index is 14.8. The summed E-state index contributed by atoms with van der Waals surface area (Å²) in [4.78, 5) is 26.4. The standard InChI is InChI=1S/C37H44Cl2N2O7/c1-24-16-33(38)35(34(39)17-24)48-15-14-47-32-11-5-25(6-12-32)19-28(22-40-37(44)45)36(43)41(29-7-8-29,30-9-10-30)23-27-18-26(4-3-13-46-2)20-31(42)21-27/h5-6,11-12,16-18,20-21,28-30,40H,3-4,7-10,13-15,19,22-23H2,1-2H3,(H-,42,44,45)/p+1. The summed E-state index contributed by atoms with van der Waals surface area (Å²) in [5.74, 6) is 0.750. The van der Waals surface area contributed by atoms with Crippen LogP contribution < -0.4 is 14.8 Å². The molecule has 9 nitrogen and oxygen atoms in total. The number of hydrogen-bond donors (Lipinski definition) is 3. The Kier molecular flexibility index (Phi) is 12.1. The van der Waals surface area contributed by atoms with Crippen molar-refractivity contribution in [2.45, 2.75) is 70.5 Å². The predicted molar refractivity (Wildman–Crippen MR) is 185 cm³/mol. The van der Waals surface area contributed by atoms with Crippen LogP contribution in [0.25, 0.3) is 0 Å². The zero-order valence-corrected chi connectivity index (χ0v) is 29.1. The van der Waals surface area contributed by atoms with E-state index in [1.165, 1.54) is 0 Å². The quantitative estimate of drug-likeness (QED) is 0.0940. The van der Waals surface area contributed by atoms with Gasteiger partial charge in [0.1, 0.15) is 31.3 Å². The molecule has 2 amide bonds. The molecule has 0 heterocycles. The number of benzene rings is 3. The molecule has 2 saturated carbocycles. The zero-order chi connectivity index (χ0) is 34.3. The average Bonchev–Trinajstić information content (AvgIpc) is 3.96. The van der Waals surface area contributed by atoms with Gasteiger partial charge in [-0.15, -0.1) is 0 Å². The summed E-state index contributed by atoms with van der Waals surface area (Å²) in [7, 11) is 1.67. The zero-order valence-electron chi connectivity index (χ0n) is 27.6. The molecule has 48 heavy (non-hydrogen) atoms. The van der Waals surface area contributed by atoms with E-state index in [-0.39, 0.29) is 43.5 Å². The van der Waals surface area contributed by atoms with Gasteiger partial charge in [-0.3, -0.25) is 4.48 Å². The number of hydrogen-bond acceptors (Lipinski definition) is 6. The van der Waals surface area contributed by atoms with E-state index in [1.807, 2.05) is 31.2 Å². The van der Waals surface area contributed by atoms with Gasteiger partial charge in [0, 0.05) is 51.5 Å². The summed E-state index contributed by atoms with van der Waals surface area (Å²) in [5.41, 5.74) is 3.79. The molecule has 2 fully saturated rings. The molecule has 0 saturated heterocycles. The molecule has 0 aliphatic heterocycles. The number of halogens is 2. The van der Waals surface area contributed by atoms with Crippen LogP contribution in [-0.4, -0.2) is 72.3 Å². The molecule has 2 aliphatic carbocycles. The Morgan fingerprint density at radius 2 is 1.52 bits per heavy atom.